The third kappa shape index (κ3) is 4.84. The lowest BCUT2D eigenvalue weighted by Crippen LogP contribution is -2.35. The SMILES string of the molecule is CC(CO)CNC(=O)C(c1cccc(Cl)c1)C(C)C. The summed E-state index contributed by atoms with van der Waals surface area (Å²) in [4.78, 5) is 12.3. The molecule has 0 aliphatic carbocycles. The van der Waals surface area contributed by atoms with Crippen LogP contribution in [-0.2, 0) is 4.79 Å². The number of halogens is 1. The van der Waals surface area contributed by atoms with E-state index >= 15 is 0 Å². The molecule has 0 bridgehead atoms. The standard InChI is InChI=1S/C15H22ClNO2/c1-10(2)14(12-5-4-6-13(16)7-12)15(19)17-8-11(3)9-18/h4-7,10-11,14,18H,8-9H2,1-3H3,(H,17,19). The predicted molar refractivity (Wildman–Crippen MR) is 78.3 cm³/mol. The molecule has 3 nitrogen and oxygen atoms in total. The zero-order valence-electron chi connectivity index (χ0n) is 11.7. The number of aliphatic hydroxyl groups excluding tert-OH is 1. The number of hydrogen-bond acceptors (Lipinski definition) is 2. The molecule has 2 atom stereocenters. The molecule has 0 heterocycles. The van der Waals surface area contributed by atoms with Crippen molar-refractivity contribution < 1.29 is 9.90 Å². The molecule has 1 rings (SSSR count). The van der Waals surface area contributed by atoms with E-state index in [9.17, 15) is 4.79 Å². The first-order chi connectivity index (χ1) is 8.95. The smallest absolute Gasteiger partial charge is 0.227 e. The summed E-state index contributed by atoms with van der Waals surface area (Å²) >= 11 is 5.98. The third-order valence-corrected chi connectivity index (χ3v) is 3.33. The highest BCUT2D eigenvalue weighted by Gasteiger charge is 2.24. The van der Waals surface area contributed by atoms with Gasteiger partial charge in [-0.25, -0.2) is 0 Å². The van der Waals surface area contributed by atoms with Gasteiger partial charge in [0.2, 0.25) is 5.91 Å². The van der Waals surface area contributed by atoms with Gasteiger partial charge in [0.05, 0.1) is 5.92 Å². The minimum Gasteiger partial charge on any atom is -0.396 e. The Kier molecular flexibility index (Phi) is 6.32. The fourth-order valence-corrected chi connectivity index (χ4v) is 2.19. The Bertz CT molecular complexity index is 420. The molecule has 2 N–H and O–H groups in total. The maximum absolute atomic E-state index is 12.3. The highest BCUT2D eigenvalue weighted by atomic mass is 35.5. The zero-order chi connectivity index (χ0) is 14.4. The minimum absolute atomic E-state index is 0.0161. The van der Waals surface area contributed by atoms with Crippen LogP contribution in [0.3, 0.4) is 0 Å². The Labute approximate surface area is 120 Å². The van der Waals surface area contributed by atoms with Gasteiger partial charge in [-0.15, -0.1) is 0 Å². The second kappa shape index (κ2) is 7.51. The van der Waals surface area contributed by atoms with Crippen molar-refractivity contribution >= 4 is 17.5 Å². The van der Waals surface area contributed by atoms with Crippen LogP contribution in [0.15, 0.2) is 24.3 Å². The fraction of sp³-hybridized carbons (Fsp3) is 0.533. The van der Waals surface area contributed by atoms with Crippen molar-refractivity contribution in [3.05, 3.63) is 34.9 Å². The molecule has 19 heavy (non-hydrogen) atoms. The molecule has 0 aliphatic heterocycles. The maximum atomic E-state index is 12.3. The largest absolute Gasteiger partial charge is 0.396 e. The molecular weight excluding hydrogens is 262 g/mol. The molecular formula is C15H22ClNO2. The zero-order valence-corrected chi connectivity index (χ0v) is 12.4. The van der Waals surface area contributed by atoms with Crippen LogP contribution in [-0.4, -0.2) is 24.2 Å². The van der Waals surface area contributed by atoms with Gasteiger partial charge in [0.15, 0.2) is 0 Å². The molecule has 1 amide bonds. The van der Waals surface area contributed by atoms with E-state index in [1.165, 1.54) is 0 Å². The first-order valence-corrected chi connectivity index (χ1v) is 6.97. The lowest BCUT2D eigenvalue weighted by atomic mass is 9.87. The van der Waals surface area contributed by atoms with Crippen LogP contribution in [0.2, 0.25) is 5.02 Å². The van der Waals surface area contributed by atoms with Crippen molar-refractivity contribution in [3.63, 3.8) is 0 Å². The number of aliphatic hydroxyl groups is 1. The van der Waals surface area contributed by atoms with Gasteiger partial charge >= 0.3 is 0 Å². The summed E-state index contributed by atoms with van der Waals surface area (Å²) in [7, 11) is 0. The van der Waals surface area contributed by atoms with Crippen LogP contribution in [0.1, 0.15) is 32.3 Å². The number of hydrogen-bond donors (Lipinski definition) is 2. The van der Waals surface area contributed by atoms with Crippen molar-refractivity contribution in [3.8, 4) is 0 Å². The number of rotatable bonds is 6. The molecule has 0 fully saturated rings. The second-order valence-electron chi connectivity index (χ2n) is 5.31. The molecule has 2 unspecified atom stereocenters. The van der Waals surface area contributed by atoms with Crippen molar-refractivity contribution in [2.24, 2.45) is 11.8 Å². The summed E-state index contributed by atoms with van der Waals surface area (Å²) in [5.74, 6) is 0.0150. The molecule has 0 saturated carbocycles. The number of nitrogens with one attached hydrogen (secondary N) is 1. The topological polar surface area (TPSA) is 49.3 Å². The van der Waals surface area contributed by atoms with E-state index in [-0.39, 0.29) is 30.3 Å². The van der Waals surface area contributed by atoms with Gasteiger partial charge in [-0.2, -0.15) is 0 Å². The Hall–Kier alpha value is -1.06. The summed E-state index contributed by atoms with van der Waals surface area (Å²) in [6.07, 6.45) is 0. The Morgan fingerprint density at radius 2 is 2.05 bits per heavy atom. The van der Waals surface area contributed by atoms with Gasteiger partial charge < -0.3 is 10.4 Å². The van der Waals surface area contributed by atoms with Crippen LogP contribution in [0, 0.1) is 11.8 Å². The van der Waals surface area contributed by atoms with Crippen LogP contribution in [0.25, 0.3) is 0 Å². The number of benzene rings is 1. The number of carbonyl (C=O) groups excluding carboxylic acids is 1. The quantitative estimate of drug-likeness (QED) is 0.843. The van der Waals surface area contributed by atoms with Crippen molar-refractivity contribution in [2.75, 3.05) is 13.2 Å². The Morgan fingerprint density at radius 3 is 2.58 bits per heavy atom. The van der Waals surface area contributed by atoms with Crippen molar-refractivity contribution in [1.29, 1.82) is 0 Å². The summed E-state index contributed by atoms with van der Waals surface area (Å²) < 4.78 is 0. The minimum atomic E-state index is -0.218. The van der Waals surface area contributed by atoms with E-state index in [0.29, 0.717) is 11.6 Å². The van der Waals surface area contributed by atoms with Crippen molar-refractivity contribution in [2.45, 2.75) is 26.7 Å². The third-order valence-electron chi connectivity index (χ3n) is 3.09. The van der Waals surface area contributed by atoms with Crippen LogP contribution in [0.4, 0.5) is 0 Å². The van der Waals surface area contributed by atoms with Crippen LogP contribution < -0.4 is 5.32 Å². The molecule has 106 valence electrons. The van der Waals surface area contributed by atoms with Crippen LogP contribution in [0.5, 0.6) is 0 Å². The van der Waals surface area contributed by atoms with Gasteiger partial charge in [-0.05, 0) is 29.5 Å². The number of amides is 1. The Balaban J connectivity index is 2.80. The highest BCUT2D eigenvalue weighted by Crippen LogP contribution is 2.26. The summed E-state index contributed by atoms with van der Waals surface area (Å²) in [6.45, 7) is 6.48. The van der Waals surface area contributed by atoms with E-state index in [1.807, 2.05) is 39.0 Å². The van der Waals surface area contributed by atoms with E-state index in [1.54, 1.807) is 6.07 Å². The van der Waals surface area contributed by atoms with Gasteiger partial charge in [0.1, 0.15) is 0 Å². The monoisotopic (exact) mass is 283 g/mol. The highest BCUT2D eigenvalue weighted by molar-refractivity contribution is 6.30. The van der Waals surface area contributed by atoms with E-state index < -0.39 is 0 Å². The first kappa shape index (κ1) is 16.0. The van der Waals surface area contributed by atoms with Gasteiger partial charge in [-0.3, -0.25) is 4.79 Å². The second-order valence-corrected chi connectivity index (χ2v) is 5.75. The van der Waals surface area contributed by atoms with Gasteiger partial charge in [0.25, 0.3) is 0 Å². The molecule has 0 spiro atoms. The normalized spacial score (nSPS) is 14.2. The number of carbonyl (C=O) groups is 1. The average Bonchev–Trinajstić information content (AvgIpc) is 2.35. The summed E-state index contributed by atoms with van der Waals surface area (Å²) in [5.41, 5.74) is 0.927. The molecule has 0 aromatic heterocycles. The first-order valence-electron chi connectivity index (χ1n) is 6.59. The van der Waals surface area contributed by atoms with Gasteiger partial charge in [0, 0.05) is 18.2 Å². The molecule has 4 heteroatoms. The Morgan fingerprint density at radius 1 is 1.37 bits per heavy atom. The van der Waals surface area contributed by atoms with E-state index in [0.717, 1.165) is 5.56 Å². The van der Waals surface area contributed by atoms with Crippen LogP contribution >= 0.6 is 11.6 Å². The van der Waals surface area contributed by atoms with Gasteiger partial charge in [-0.1, -0.05) is 44.5 Å². The molecule has 0 radical (unpaired) electrons. The van der Waals surface area contributed by atoms with E-state index in [2.05, 4.69) is 5.32 Å². The summed E-state index contributed by atoms with van der Waals surface area (Å²) in [6, 6.07) is 7.41. The molecule has 1 aromatic rings. The molecule has 1 aromatic carbocycles. The predicted octanol–water partition coefficient (Wildman–Crippen LogP) is 2.82. The molecule has 0 saturated heterocycles. The van der Waals surface area contributed by atoms with Crippen molar-refractivity contribution in [1.82, 2.24) is 5.32 Å². The lowest BCUT2D eigenvalue weighted by Gasteiger charge is -2.22. The average molecular weight is 284 g/mol. The van der Waals surface area contributed by atoms with E-state index in [4.69, 9.17) is 16.7 Å². The maximum Gasteiger partial charge on any atom is 0.227 e. The summed E-state index contributed by atoms with van der Waals surface area (Å²) in [5, 5.41) is 12.5. The molecule has 0 aliphatic rings. The lowest BCUT2D eigenvalue weighted by molar-refractivity contribution is -0.123. The fourth-order valence-electron chi connectivity index (χ4n) is 1.99.